The van der Waals surface area contributed by atoms with Gasteiger partial charge in [0.05, 0.1) is 26.3 Å². The molecule has 0 radical (unpaired) electrons. The molecule has 23 nitrogen and oxygen atoms in total. The maximum atomic E-state index is 12.8. The summed E-state index contributed by atoms with van der Waals surface area (Å²) in [6.07, 6.45) is 0.0971. The summed E-state index contributed by atoms with van der Waals surface area (Å²) in [5, 5.41) is 8.75. The van der Waals surface area contributed by atoms with E-state index in [2.05, 4.69) is 35.9 Å². The first-order valence-electron chi connectivity index (χ1n) is 23.0. The number of likely N-dealkylation sites (tertiary alicyclic amines) is 1. The van der Waals surface area contributed by atoms with Crippen LogP contribution in [0.1, 0.15) is 112 Å². The third kappa shape index (κ3) is 13.9. The smallest absolute Gasteiger partial charge is 0.446 e. The number of nitrogens with two attached hydrogens (primary N) is 4. The number of nitrogens with one attached hydrogen (secondary N) is 3. The molecular weight excluding hydrogens is 986 g/mol. The largest absolute Gasteiger partial charge is 0.497 e. The summed E-state index contributed by atoms with van der Waals surface area (Å²) in [6.45, 7) is 6.71. The van der Waals surface area contributed by atoms with E-state index in [-0.39, 0.29) is 34.9 Å². The maximum absolute atomic E-state index is 12.8. The van der Waals surface area contributed by atoms with Crippen LogP contribution in [0.3, 0.4) is 0 Å². The van der Waals surface area contributed by atoms with Crippen molar-refractivity contribution in [3.63, 3.8) is 0 Å². The van der Waals surface area contributed by atoms with Crippen molar-refractivity contribution in [1.82, 2.24) is 39.5 Å². The van der Waals surface area contributed by atoms with Gasteiger partial charge in [-0.15, -0.1) is 0 Å². The first-order chi connectivity index (χ1) is 35.5. The van der Waals surface area contributed by atoms with E-state index in [0.717, 1.165) is 30.5 Å². The quantitative estimate of drug-likeness (QED) is 0.0605. The Kier molecular flexibility index (Phi) is 17.4. The van der Waals surface area contributed by atoms with Gasteiger partial charge in [0.2, 0.25) is 6.29 Å². The molecule has 396 valence electrons. The van der Waals surface area contributed by atoms with Gasteiger partial charge in [-0.25, -0.2) is 34.1 Å². The van der Waals surface area contributed by atoms with Crippen molar-refractivity contribution in [3.8, 4) is 34.0 Å². The molecule has 2 aliphatic rings. The van der Waals surface area contributed by atoms with Gasteiger partial charge in [0.25, 0.3) is 23.6 Å². The van der Waals surface area contributed by atoms with Crippen LogP contribution in [0.5, 0.6) is 11.5 Å². The fraction of sp³-hybridized carbons (Fsp3) is 0.306. The van der Waals surface area contributed by atoms with Gasteiger partial charge < -0.3 is 53.3 Å². The Hall–Kier alpha value is -9.07. The fourth-order valence-corrected chi connectivity index (χ4v) is 7.88. The topological polar surface area (TPSA) is 335 Å². The molecule has 0 unspecified atom stereocenters. The second-order valence-corrected chi connectivity index (χ2v) is 17.7. The number of aromatic nitrogens is 6. The number of anilines is 2. The number of hydrogen-bond donors (Lipinski definition) is 7. The van der Waals surface area contributed by atoms with E-state index in [4.69, 9.17) is 42.2 Å². The van der Waals surface area contributed by atoms with Gasteiger partial charge in [0, 0.05) is 53.3 Å². The highest BCUT2D eigenvalue weighted by Crippen LogP contribution is 2.36. The van der Waals surface area contributed by atoms with E-state index in [1.165, 1.54) is 25.1 Å². The number of pyridine rings is 2. The third-order valence-corrected chi connectivity index (χ3v) is 11.3. The third-order valence-electron chi connectivity index (χ3n) is 11.3. The first kappa shape index (κ1) is 55.2. The number of carbonyl (C=O) groups is 6. The predicted octanol–water partition coefficient (Wildman–Crippen LogP) is 5.28. The lowest BCUT2D eigenvalue weighted by molar-refractivity contribution is -0.156. The number of halogens is 3. The maximum Gasteiger partial charge on any atom is 0.446 e. The van der Waals surface area contributed by atoms with Gasteiger partial charge in [-0.1, -0.05) is 24.3 Å². The predicted molar refractivity (Wildman–Crippen MR) is 267 cm³/mol. The number of ether oxygens (including phenoxy) is 3. The Morgan fingerprint density at radius 1 is 0.707 bits per heavy atom. The van der Waals surface area contributed by atoms with Crippen LogP contribution >= 0.6 is 0 Å². The van der Waals surface area contributed by atoms with Crippen LogP contribution < -0.4 is 48.6 Å². The van der Waals surface area contributed by atoms with Crippen LogP contribution in [0.4, 0.5) is 29.6 Å². The highest BCUT2D eigenvalue weighted by molar-refractivity contribution is 6.05. The van der Waals surface area contributed by atoms with Gasteiger partial charge in [-0.3, -0.25) is 28.9 Å². The minimum absolute atomic E-state index is 0.00572. The van der Waals surface area contributed by atoms with Crippen molar-refractivity contribution in [3.05, 3.63) is 119 Å². The Bertz CT molecular complexity index is 3040. The number of carbonyl (C=O) groups excluding carboxylic acids is 6. The summed E-state index contributed by atoms with van der Waals surface area (Å²) in [7, 11) is 3.06. The van der Waals surface area contributed by atoms with Gasteiger partial charge in [0.15, 0.2) is 17.2 Å². The summed E-state index contributed by atoms with van der Waals surface area (Å²) in [6, 6.07) is 19.2. The fourth-order valence-electron chi connectivity index (χ4n) is 7.88. The van der Waals surface area contributed by atoms with E-state index in [9.17, 15) is 37.1 Å². The second kappa shape index (κ2) is 23.6. The van der Waals surface area contributed by atoms with Gasteiger partial charge in [-0.05, 0) is 89.4 Å². The average Bonchev–Trinajstić information content (AvgIpc) is 4.21. The number of aldehydes is 1. The molecule has 5 amide bonds. The molecule has 2 atom stereocenters. The summed E-state index contributed by atoms with van der Waals surface area (Å²) in [5.41, 5.74) is 13.3. The zero-order valence-electron chi connectivity index (χ0n) is 41.3. The van der Waals surface area contributed by atoms with Crippen LogP contribution in [-0.2, 0) is 9.53 Å². The Morgan fingerprint density at radius 3 is 1.56 bits per heavy atom. The Balaban J connectivity index is 0.000000223. The van der Waals surface area contributed by atoms with Crippen molar-refractivity contribution in [1.29, 1.82) is 0 Å². The molecule has 4 aromatic heterocycles. The van der Waals surface area contributed by atoms with Gasteiger partial charge in [0.1, 0.15) is 45.9 Å². The molecule has 6 aromatic rings. The highest BCUT2D eigenvalue weighted by atomic mass is 19.4. The lowest BCUT2D eigenvalue weighted by atomic mass is 10.1. The summed E-state index contributed by atoms with van der Waals surface area (Å²) < 4.78 is 49.5. The standard InChI is InChI=1S/C26H31N7O5.C21H23N7O3.C2HF3O/c1-26(2,3)38-25(36)32-13-5-6-18(32)23-31-20(21(22(27)34)33(23)28)15-7-9-16(10-8-15)24(35)30-19-14-17(37-4)11-12-29-19;1-31-14-8-10-25-16(11-14)26-21(30)13-6-4-12(5-7-13)17-18(19(22)29)28(23)20(27-17)15-3-2-9-24-15;3-2(4,5)1-6/h7-12,14,18H,5-6,13,28H2,1-4H3,(H2,27,34)(H,29,30,35);4-8,10-11,15,24H,2-3,9,23H2,1H3,(H2,22,29)(H,25,26,30);1H/t18-;15-;/m00./s1. The molecule has 0 saturated carbocycles. The molecule has 0 aliphatic carbocycles. The first-order valence-corrected chi connectivity index (χ1v) is 23.0. The van der Waals surface area contributed by atoms with Crippen molar-refractivity contribution in [2.24, 2.45) is 11.5 Å². The molecule has 2 aliphatic heterocycles. The van der Waals surface area contributed by atoms with Crippen molar-refractivity contribution < 1.29 is 56.1 Å². The zero-order chi connectivity index (χ0) is 54.8. The van der Waals surface area contributed by atoms with Crippen LogP contribution in [-0.4, -0.2) is 109 Å². The number of methoxy groups -OCH3 is 2. The molecule has 2 fully saturated rings. The molecular formula is C49H55F3N14O9. The number of rotatable bonds is 12. The highest BCUT2D eigenvalue weighted by Gasteiger charge is 2.38. The Morgan fingerprint density at radius 2 is 1.16 bits per heavy atom. The number of hydrogen-bond acceptors (Lipinski definition) is 16. The average molecular weight is 1040 g/mol. The molecule has 11 N–H and O–H groups in total. The summed E-state index contributed by atoms with van der Waals surface area (Å²) in [4.78, 5) is 90.2. The van der Waals surface area contributed by atoms with E-state index in [1.807, 2.05) is 0 Å². The van der Waals surface area contributed by atoms with Crippen LogP contribution in [0.25, 0.3) is 22.5 Å². The number of alkyl halides is 3. The lowest BCUT2D eigenvalue weighted by Crippen LogP contribution is -2.38. The number of imidazole rings is 2. The molecule has 75 heavy (non-hydrogen) atoms. The van der Waals surface area contributed by atoms with Crippen LogP contribution in [0, 0.1) is 0 Å². The SMILES string of the molecule is COc1ccnc(NC(=O)c2ccc(-c3nc([C@@H]4CCCN4)n(N)c3C(N)=O)cc2)c1.COc1ccnc(NC(=O)c2ccc(-c3nc([C@@H]4CCCN4C(=O)OC(C)(C)C)n(N)c3C(N)=O)cc2)c1.O=CC(F)(F)F. The van der Waals surface area contributed by atoms with Gasteiger partial charge in [-0.2, -0.15) is 13.2 Å². The molecule has 8 rings (SSSR count). The molecule has 6 heterocycles. The van der Waals surface area contributed by atoms with E-state index in [1.54, 1.807) is 105 Å². The number of nitrogens with zero attached hydrogens (tertiary/aromatic N) is 7. The molecule has 26 heteroatoms. The number of primary amides is 2. The minimum atomic E-state index is -4.64. The monoisotopic (exact) mass is 1040 g/mol. The van der Waals surface area contributed by atoms with Crippen LogP contribution in [0.15, 0.2) is 85.2 Å². The Labute approximate surface area is 427 Å². The molecule has 2 aromatic carbocycles. The molecule has 0 bridgehead atoms. The van der Waals surface area contributed by atoms with E-state index < -0.39 is 42.0 Å². The van der Waals surface area contributed by atoms with Crippen molar-refractivity contribution in [2.75, 3.05) is 49.6 Å². The van der Waals surface area contributed by atoms with Crippen LogP contribution in [0.2, 0.25) is 0 Å². The second-order valence-electron chi connectivity index (χ2n) is 17.7. The molecule has 0 spiro atoms. The van der Waals surface area contributed by atoms with E-state index >= 15 is 0 Å². The molecule has 2 saturated heterocycles. The number of amides is 5. The van der Waals surface area contributed by atoms with Crippen molar-refractivity contribution in [2.45, 2.75) is 70.3 Å². The number of nitrogen functional groups attached to an aromatic ring is 2. The van der Waals surface area contributed by atoms with Gasteiger partial charge >= 0.3 is 12.3 Å². The van der Waals surface area contributed by atoms with E-state index in [0.29, 0.717) is 75.7 Å². The normalized spacial score (nSPS) is 15.1. The number of benzene rings is 2. The minimum Gasteiger partial charge on any atom is -0.497 e. The summed E-state index contributed by atoms with van der Waals surface area (Å²) >= 11 is 0. The summed E-state index contributed by atoms with van der Waals surface area (Å²) in [5.74, 6) is 13.0. The van der Waals surface area contributed by atoms with Crippen molar-refractivity contribution >= 4 is 47.6 Å². The lowest BCUT2D eigenvalue weighted by Gasteiger charge is -2.28. The zero-order valence-corrected chi connectivity index (χ0v) is 41.3.